The molecular weight excluding hydrogens is 340 g/mol. The maximum atomic E-state index is 12.9. The molecule has 0 radical (unpaired) electrons. The van der Waals surface area contributed by atoms with Crippen molar-refractivity contribution >= 4 is 15.9 Å². The maximum absolute atomic E-state index is 12.9. The second kappa shape index (κ2) is 7.85. The number of benzene rings is 1. The first kappa shape index (κ1) is 19.9. The second-order valence-electron chi connectivity index (χ2n) is 7.08. The van der Waals surface area contributed by atoms with Crippen molar-refractivity contribution in [3.8, 4) is 0 Å². The fourth-order valence-corrected chi connectivity index (χ4v) is 4.67. The highest BCUT2D eigenvalue weighted by Gasteiger charge is 2.29. The van der Waals surface area contributed by atoms with Crippen molar-refractivity contribution in [2.75, 3.05) is 26.3 Å². The molecule has 0 aliphatic carbocycles. The Balaban J connectivity index is 2.29. The molecule has 1 aliphatic heterocycles. The average Bonchev–Trinajstić information content (AvgIpc) is 2.55. The van der Waals surface area contributed by atoms with Crippen LogP contribution in [0.25, 0.3) is 0 Å². The SMILES string of the molecule is CCCC(C)(C)NC(=O)c1ccc(C)c(S(=O)(=O)N2CCOCC2)c1. The van der Waals surface area contributed by atoms with Crippen LogP contribution < -0.4 is 5.32 Å². The smallest absolute Gasteiger partial charge is 0.251 e. The van der Waals surface area contributed by atoms with E-state index in [1.54, 1.807) is 19.1 Å². The molecule has 0 saturated carbocycles. The van der Waals surface area contributed by atoms with Gasteiger partial charge in [-0.2, -0.15) is 4.31 Å². The van der Waals surface area contributed by atoms with Gasteiger partial charge in [0.2, 0.25) is 10.0 Å². The Morgan fingerprint density at radius 3 is 2.52 bits per heavy atom. The van der Waals surface area contributed by atoms with Crippen LogP contribution in [-0.2, 0) is 14.8 Å². The van der Waals surface area contributed by atoms with E-state index in [0.717, 1.165) is 12.8 Å². The summed E-state index contributed by atoms with van der Waals surface area (Å²) in [5.41, 5.74) is 0.664. The Kier molecular flexibility index (Phi) is 6.24. The molecule has 0 aromatic heterocycles. The lowest BCUT2D eigenvalue weighted by Gasteiger charge is -2.27. The van der Waals surface area contributed by atoms with E-state index in [-0.39, 0.29) is 16.3 Å². The first-order valence-electron chi connectivity index (χ1n) is 8.68. The van der Waals surface area contributed by atoms with Gasteiger partial charge in [-0.1, -0.05) is 19.4 Å². The third-order valence-corrected chi connectivity index (χ3v) is 6.41. The van der Waals surface area contributed by atoms with Gasteiger partial charge in [-0.05, 0) is 44.9 Å². The largest absolute Gasteiger partial charge is 0.379 e. The highest BCUT2D eigenvalue weighted by atomic mass is 32.2. The number of nitrogens with one attached hydrogen (secondary N) is 1. The lowest BCUT2D eigenvalue weighted by Crippen LogP contribution is -2.43. The van der Waals surface area contributed by atoms with Crippen molar-refractivity contribution in [1.82, 2.24) is 9.62 Å². The number of amides is 1. The topological polar surface area (TPSA) is 75.7 Å². The van der Waals surface area contributed by atoms with Crippen molar-refractivity contribution in [3.63, 3.8) is 0 Å². The van der Waals surface area contributed by atoms with E-state index < -0.39 is 10.0 Å². The number of carbonyl (C=O) groups is 1. The lowest BCUT2D eigenvalue weighted by molar-refractivity contribution is 0.0730. The minimum atomic E-state index is -3.63. The van der Waals surface area contributed by atoms with Gasteiger partial charge in [-0.3, -0.25) is 4.79 Å². The quantitative estimate of drug-likeness (QED) is 0.836. The summed E-state index contributed by atoms with van der Waals surface area (Å²) in [7, 11) is -3.63. The standard InChI is InChI=1S/C18H28N2O4S/c1-5-8-18(3,4)19-17(21)15-7-6-14(2)16(13-15)25(22,23)20-9-11-24-12-10-20/h6-7,13H,5,8-12H2,1-4H3,(H,19,21). The van der Waals surface area contributed by atoms with Gasteiger partial charge < -0.3 is 10.1 Å². The first-order chi connectivity index (χ1) is 11.7. The van der Waals surface area contributed by atoms with Crippen LogP contribution in [0.4, 0.5) is 0 Å². The van der Waals surface area contributed by atoms with Crippen molar-refractivity contribution in [2.45, 2.75) is 51.0 Å². The van der Waals surface area contributed by atoms with Crippen LogP contribution in [0.5, 0.6) is 0 Å². The number of aryl methyl sites for hydroxylation is 1. The summed E-state index contributed by atoms with van der Waals surface area (Å²) in [6.07, 6.45) is 1.81. The Labute approximate surface area is 150 Å². The van der Waals surface area contributed by atoms with Crippen LogP contribution in [0.1, 0.15) is 49.5 Å². The molecule has 1 N–H and O–H groups in total. The van der Waals surface area contributed by atoms with Gasteiger partial charge in [0, 0.05) is 24.2 Å². The molecule has 6 nitrogen and oxygen atoms in total. The molecule has 1 heterocycles. The molecule has 140 valence electrons. The zero-order chi connectivity index (χ0) is 18.7. The molecule has 2 rings (SSSR count). The number of morpholine rings is 1. The molecule has 0 atom stereocenters. The molecule has 1 fully saturated rings. The van der Waals surface area contributed by atoms with Crippen LogP contribution in [0.15, 0.2) is 23.1 Å². The van der Waals surface area contributed by atoms with E-state index >= 15 is 0 Å². The van der Waals surface area contributed by atoms with E-state index in [4.69, 9.17) is 4.74 Å². The van der Waals surface area contributed by atoms with Crippen LogP contribution in [0.2, 0.25) is 0 Å². The van der Waals surface area contributed by atoms with Gasteiger partial charge in [-0.15, -0.1) is 0 Å². The number of rotatable bonds is 6. The fraction of sp³-hybridized carbons (Fsp3) is 0.611. The molecule has 1 aromatic carbocycles. The van der Waals surface area contributed by atoms with Crippen molar-refractivity contribution in [2.24, 2.45) is 0 Å². The predicted molar refractivity (Wildman–Crippen MR) is 97.2 cm³/mol. The highest BCUT2D eigenvalue weighted by molar-refractivity contribution is 7.89. The summed E-state index contributed by atoms with van der Waals surface area (Å²) in [5.74, 6) is -0.253. The number of sulfonamides is 1. The number of hydrogen-bond acceptors (Lipinski definition) is 4. The Hall–Kier alpha value is -1.44. The molecule has 1 aliphatic rings. The minimum absolute atomic E-state index is 0.190. The second-order valence-corrected chi connectivity index (χ2v) is 8.99. The number of hydrogen-bond donors (Lipinski definition) is 1. The molecule has 0 unspecified atom stereocenters. The van der Waals surface area contributed by atoms with Gasteiger partial charge in [0.1, 0.15) is 0 Å². The van der Waals surface area contributed by atoms with Crippen molar-refractivity contribution in [3.05, 3.63) is 29.3 Å². The van der Waals surface area contributed by atoms with Crippen LogP contribution in [0.3, 0.4) is 0 Å². The Bertz CT molecular complexity index is 723. The van der Waals surface area contributed by atoms with Gasteiger partial charge in [0.15, 0.2) is 0 Å². The summed E-state index contributed by atoms with van der Waals surface area (Å²) >= 11 is 0. The van der Waals surface area contributed by atoms with Gasteiger partial charge in [0.05, 0.1) is 18.1 Å². The Morgan fingerprint density at radius 2 is 1.92 bits per heavy atom. The molecular formula is C18H28N2O4S. The summed E-state index contributed by atoms with van der Waals surface area (Å²) in [6, 6.07) is 4.84. The van der Waals surface area contributed by atoms with Gasteiger partial charge in [-0.25, -0.2) is 8.42 Å². The van der Waals surface area contributed by atoms with E-state index in [0.29, 0.717) is 37.4 Å². The molecule has 1 amide bonds. The van der Waals surface area contributed by atoms with E-state index in [2.05, 4.69) is 12.2 Å². The van der Waals surface area contributed by atoms with Gasteiger partial charge >= 0.3 is 0 Å². The van der Waals surface area contributed by atoms with E-state index in [9.17, 15) is 13.2 Å². The summed E-state index contributed by atoms with van der Waals surface area (Å²) in [6.45, 7) is 9.20. The lowest BCUT2D eigenvalue weighted by atomic mass is 9.98. The zero-order valence-corrected chi connectivity index (χ0v) is 16.3. The van der Waals surface area contributed by atoms with E-state index in [1.165, 1.54) is 10.4 Å². The normalized spacial score (nSPS) is 16.6. The van der Waals surface area contributed by atoms with Crippen LogP contribution in [0, 0.1) is 6.92 Å². The van der Waals surface area contributed by atoms with Crippen LogP contribution in [-0.4, -0.2) is 50.5 Å². The molecule has 0 spiro atoms. The molecule has 7 heteroatoms. The molecule has 25 heavy (non-hydrogen) atoms. The number of carbonyl (C=O) groups excluding carboxylic acids is 1. The molecule has 1 aromatic rings. The molecule has 0 bridgehead atoms. The monoisotopic (exact) mass is 368 g/mol. The summed E-state index contributed by atoms with van der Waals surface area (Å²) in [4.78, 5) is 12.8. The first-order valence-corrected chi connectivity index (χ1v) is 10.1. The summed E-state index contributed by atoms with van der Waals surface area (Å²) < 4.78 is 32.5. The molecule has 1 saturated heterocycles. The maximum Gasteiger partial charge on any atom is 0.251 e. The van der Waals surface area contributed by atoms with Crippen LogP contribution >= 0.6 is 0 Å². The number of nitrogens with zero attached hydrogens (tertiary/aromatic N) is 1. The minimum Gasteiger partial charge on any atom is -0.379 e. The third kappa shape index (κ3) is 4.80. The zero-order valence-electron chi connectivity index (χ0n) is 15.5. The van der Waals surface area contributed by atoms with Gasteiger partial charge in [0.25, 0.3) is 5.91 Å². The average molecular weight is 368 g/mol. The van der Waals surface area contributed by atoms with Crippen molar-refractivity contribution < 1.29 is 17.9 Å². The predicted octanol–water partition coefficient (Wildman–Crippen LogP) is 2.32. The Morgan fingerprint density at radius 1 is 1.28 bits per heavy atom. The number of ether oxygens (including phenoxy) is 1. The summed E-state index contributed by atoms with van der Waals surface area (Å²) in [5, 5.41) is 2.98. The highest BCUT2D eigenvalue weighted by Crippen LogP contribution is 2.23. The van der Waals surface area contributed by atoms with Crippen molar-refractivity contribution in [1.29, 1.82) is 0 Å². The van der Waals surface area contributed by atoms with E-state index in [1.807, 2.05) is 13.8 Å². The third-order valence-electron chi connectivity index (χ3n) is 4.37. The fourth-order valence-electron chi connectivity index (χ4n) is 3.01.